The van der Waals surface area contributed by atoms with Gasteiger partial charge in [-0.1, -0.05) is 30.3 Å². The summed E-state index contributed by atoms with van der Waals surface area (Å²) < 4.78 is 5.21. The van der Waals surface area contributed by atoms with Gasteiger partial charge in [0.2, 0.25) is 5.91 Å². The number of phenolic OH excluding ortho intramolecular Hbond substituents is 1. The Morgan fingerprint density at radius 1 is 1.03 bits per heavy atom. The van der Waals surface area contributed by atoms with Crippen LogP contribution in [0.5, 0.6) is 5.75 Å². The van der Waals surface area contributed by atoms with Crippen molar-refractivity contribution < 1.29 is 29.3 Å². The van der Waals surface area contributed by atoms with Crippen molar-refractivity contribution in [1.82, 2.24) is 10.2 Å². The lowest BCUT2D eigenvalue weighted by molar-refractivity contribution is -0.141. The molecular formula is C26H35N3O6. The van der Waals surface area contributed by atoms with E-state index < -0.39 is 42.2 Å². The van der Waals surface area contributed by atoms with Gasteiger partial charge in [-0.25, -0.2) is 4.79 Å². The van der Waals surface area contributed by atoms with Crippen LogP contribution in [0.4, 0.5) is 10.5 Å². The molecule has 0 heterocycles. The predicted octanol–water partition coefficient (Wildman–Crippen LogP) is 3.42. The van der Waals surface area contributed by atoms with E-state index in [1.807, 2.05) is 32.0 Å². The summed E-state index contributed by atoms with van der Waals surface area (Å²) in [5, 5.41) is 24.9. The van der Waals surface area contributed by atoms with Crippen molar-refractivity contribution >= 4 is 23.6 Å². The number of phenols is 1. The van der Waals surface area contributed by atoms with Gasteiger partial charge in [-0.2, -0.15) is 0 Å². The van der Waals surface area contributed by atoms with E-state index in [-0.39, 0.29) is 12.3 Å². The SMILES string of the molecule is CCN(C(=O)C(CO)NC(=O)OC(C)(C)C)C(C(=O)Nc1c(C)cccc1C)c1ccc(O)cc1. The Balaban J connectivity index is 2.42. The van der Waals surface area contributed by atoms with E-state index in [0.29, 0.717) is 11.3 Å². The fourth-order valence-electron chi connectivity index (χ4n) is 3.63. The monoisotopic (exact) mass is 485 g/mol. The standard InChI is InChI=1S/C26H35N3O6/c1-7-29(24(33)20(15-30)27-25(34)35-26(4,5)6)22(18-11-13-19(31)14-12-18)23(32)28-21-16(2)9-8-10-17(21)3/h8-14,20,22,30-31H,7,15H2,1-6H3,(H,27,34)(H,28,32). The molecule has 0 spiro atoms. The van der Waals surface area contributed by atoms with Gasteiger partial charge in [0, 0.05) is 12.2 Å². The minimum atomic E-state index is -1.32. The van der Waals surface area contributed by atoms with Crippen molar-refractivity contribution in [3.8, 4) is 5.75 Å². The third-order valence-corrected chi connectivity index (χ3v) is 5.29. The number of benzene rings is 2. The second-order valence-electron chi connectivity index (χ2n) is 9.26. The highest BCUT2D eigenvalue weighted by atomic mass is 16.6. The van der Waals surface area contributed by atoms with E-state index in [4.69, 9.17) is 4.74 Å². The number of carbonyl (C=O) groups is 3. The minimum absolute atomic E-state index is 0.0110. The first kappa shape index (κ1) is 27.7. The van der Waals surface area contributed by atoms with Crippen LogP contribution in [0.3, 0.4) is 0 Å². The molecule has 0 radical (unpaired) electrons. The van der Waals surface area contributed by atoms with Crippen LogP contribution in [0.1, 0.15) is 50.4 Å². The van der Waals surface area contributed by atoms with E-state index in [9.17, 15) is 24.6 Å². The van der Waals surface area contributed by atoms with Gasteiger partial charge >= 0.3 is 6.09 Å². The van der Waals surface area contributed by atoms with Gasteiger partial charge in [-0.15, -0.1) is 0 Å². The average molecular weight is 486 g/mol. The largest absolute Gasteiger partial charge is 0.508 e. The number of anilines is 1. The fraction of sp³-hybridized carbons (Fsp3) is 0.423. The van der Waals surface area contributed by atoms with E-state index in [1.54, 1.807) is 39.8 Å². The molecule has 0 fully saturated rings. The van der Waals surface area contributed by atoms with Gasteiger partial charge in [0.25, 0.3) is 5.91 Å². The Morgan fingerprint density at radius 3 is 2.09 bits per heavy atom. The van der Waals surface area contributed by atoms with Crippen LogP contribution < -0.4 is 10.6 Å². The maximum absolute atomic E-state index is 13.6. The highest BCUT2D eigenvalue weighted by molar-refractivity contribution is 5.99. The third kappa shape index (κ3) is 7.45. The molecule has 0 aromatic heterocycles. The number of hydrogen-bond acceptors (Lipinski definition) is 6. The number of hydrogen-bond donors (Lipinski definition) is 4. The maximum Gasteiger partial charge on any atom is 0.408 e. The number of rotatable bonds is 8. The summed E-state index contributed by atoms with van der Waals surface area (Å²) in [5.41, 5.74) is 2.01. The highest BCUT2D eigenvalue weighted by Crippen LogP contribution is 2.27. The average Bonchev–Trinajstić information content (AvgIpc) is 2.77. The molecule has 0 bridgehead atoms. The van der Waals surface area contributed by atoms with Crippen LogP contribution in [0.2, 0.25) is 0 Å². The van der Waals surface area contributed by atoms with Crippen LogP contribution in [0.15, 0.2) is 42.5 Å². The first-order chi connectivity index (χ1) is 16.4. The third-order valence-electron chi connectivity index (χ3n) is 5.29. The van der Waals surface area contributed by atoms with Crippen LogP contribution in [-0.2, 0) is 14.3 Å². The van der Waals surface area contributed by atoms with E-state index >= 15 is 0 Å². The lowest BCUT2D eigenvalue weighted by Gasteiger charge is -2.33. The molecule has 9 heteroatoms. The number of aryl methyl sites for hydroxylation is 2. The molecule has 2 atom stereocenters. The smallest absolute Gasteiger partial charge is 0.408 e. The number of nitrogens with zero attached hydrogens (tertiary/aromatic N) is 1. The molecule has 35 heavy (non-hydrogen) atoms. The molecule has 3 amide bonds. The minimum Gasteiger partial charge on any atom is -0.508 e. The Hall–Kier alpha value is -3.59. The Morgan fingerprint density at radius 2 is 1.60 bits per heavy atom. The zero-order chi connectivity index (χ0) is 26.3. The van der Waals surface area contributed by atoms with Crippen LogP contribution >= 0.6 is 0 Å². The number of amides is 3. The number of para-hydroxylation sites is 1. The second-order valence-corrected chi connectivity index (χ2v) is 9.26. The van der Waals surface area contributed by atoms with Gasteiger partial charge in [0.05, 0.1) is 6.61 Å². The first-order valence-corrected chi connectivity index (χ1v) is 11.4. The first-order valence-electron chi connectivity index (χ1n) is 11.4. The van der Waals surface area contributed by atoms with Gasteiger partial charge in [0.1, 0.15) is 23.4 Å². The van der Waals surface area contributed by atoms with Crippen molar-refractivity contribution in [2.75, 3.05) is 18.5 Å². The molecule has 9 nitrogen and oxygen atoms in total. The zero-order valence-electron chi connectivity index (χ0n) is 21.1. The van der Waals surface area contributed by atoms with E-state index in [1.165, 1.54) is 17.0 Å². The number of ether oxygens (including phenoxy) is 1. The molecule has 2 rings (SSSR count). The number of aliphatic hydroxyl groups excluding tert-OH is 1. The predicted molar refractivity (Wildman–Crippen MR) is 133 cm³/mol. The molecular weight excluding hydrogens is 450 g/mol. The van der Waals surface area contributed by atoms with Crippen LogP contribution in [-0.4, -0.2) is 57.8 Å². The molecule has 0 saturated heterocycles. The van der Waals surface area contributed by atoms with Crippen molar-refractivity contribution in [2.24, 2.45) is 0 Å². The van der Waals surface area contributed by atoms with Crippen molar-refractivity contribution in [3.63, 3.8) is 0 Å². The van der Waals surface area contributed by atoms with Gasteiger partial charge in [-0.3, -0.25) is 9.59 Å². The Kier molecular flexibility index (Phi) is 9.25. The number of likely N-dealkylation sites (N-methyl/N-ethyl adjacent to an activating group) is 1. The molecule has 0 aliphatic rings. The van der Waals surface area contributed by atoms with Crippen LogP contribution in [0.25, 0.3) is 0 Å². The number of aromatic hydroxyl groups is 1. The summed E-state index contributed by atoms with van der Waals surface area (Å²) in [6.07, 6.45) is -0.859. The quantitative estimate of drug-likeness (QED) is 0.454. The molecule has 4 N–H and O–H groups in total. The Bertz CT molecular complexity index is 1030. The van der Waals surface area contributed by atoms with Crippen molar-refractivity contribution in [1.29, 1.82) is 0 Å². The number of nitrogens with one attached hydrogen (secondary N) is 2. The van der Waals surface area contributed by atoms with Crippen molar-refractivity contribution in [3.05, 3.63) is 59.2 Å². The summed E-state index contributed by atoms with van der Waals surface area (Å²) in [6, 6.07) is 9.16. The van der Waals surface area contributed by atoms with Gasteiger partial charge in [-0.05, 0) is 70.4 Å². The molecule has 190 valence electrons. The van der Waals surface area contributed by atoms with E-state index in [2.05, 4.69) is 10.6 Å². The van der Waals surface area contributed by atoms with Gasteiger partial charge in [0.15, 0.2) is 0 Å². The summed E-state index contributed by atoms with van der Waals surface area (Å²) in [7, 11) is 0. The fourth-order valence-corrected chi connectivity index (χ4v) is 3.63. The summed E-state index contributed by atoms with van der Waals surface area (Å²) in [6.45, 7) is 9.89. The molecule has 2 aromatic rings. The number of alkyl carbamates (subject to hydrolysis) is 1. The lowest BCUT2D eigenvalue weighted by Crippen LogP contribution is -2.53. The van der Waals surface area contributed by atoms with Crippen LogP contribution in [0, 0.1) is 13.8 Å². The normalized spacial score (nSPS) is 12.9. The van der Waals surface area contributed by atoms with Crippen molar-refractivity contribution in [2.45, 2.75) is 59.2 Å². The summed E-state index contributed by atoms with van der Waals surface area (Å²) >= 11 is 0. The summed E-state index contributed by atoms with van der Waals surface area (Å²) in [4.78, 5) is 40.6. The molecule has 0 saturated carbocycles. The lowest BCUT2D eigenvalue weighted by atomic mass is 10.0. The van der Waals surface area contributed by atoms with E-state index in [0.717, 1.165) is 11.1 Å². The number of carbonyl (C=O) groups excluding carboxylic acids is 3. The topological polar surface area (TPSA) is 128 Å². The molecule has 2 unspecified atom stereocenters. The molecule has 2 aromatic carbocycles. The number of aliphatic hydroxyl groups is 1. The summed E-state index contributed by atoms with van der Waals surface area (Å²) in [5.74, 6) is -1.12. The highest BCUT2D eigenvalue weighted by Gasteiger charge is 2.35. The van der Waals surface area contributed by atoms with Gasteiger partial charge < -0.3 is 30.5 Å². The maximum atomic E-state index is 13.6. The second kappa shape index (κ2) is 11.7. The molecule has 0 aliphatic heterocycles. The molecule has 0 aliphatic carbocycles. The zero-order valence-corrected chi connectivity index (χ0v) is 21.1. The Labute approximate surface area is 206 Å².